The lowest BCUT2D eigenvalue weighted by Gasteiger charge is -2.23. The molecule has 1 saturated heterocycles. The quantitative estimate of drug-likeness (QED) is 0.837. The molecule has 0 radical (unpaired) electrons. The smallest absolute Gasteiger partial charge is 0.407 e. The third-order valence-corrected chi connectivity index (χ3v) is 4.48. The molecule has 25 heavy (non-hydrogen) atoms. The van der Waals surface area contributed by atoms with Gasteiger partial charge in [-0.05, 0) is 25.8 Å². The van der Waals surface area contributed by atoms with Crippen LogP contribution in [0.5, 0.6) is 0 Å². The summed E-state index contributed by atoms with van der Waals surface area (Å²) >= 11 is 0. The standard InChI is InChI=1S/C18H23NO6/c1-18(2)24-14-12(16(20)22-3)9-13(15(14)25-18)19-17(21)23-10-11-7-5-4-6-8-11/h4-8,12-15H,9-10H2,1-3H3,(H,19,21)/t12-,13+,14+,15-/m0/s1. The second-order valence-corrected chi connectivity index (χ2v) is 6.74. The van der Waals surface area contributed by atoms with Gasteiger partial charge in [0.15, 0.2) is 5.79 Å². The van der Waals surface area contributed by atoms with Gasteiger partial charge in [-0.25, -0.2) is 4.79 Å². The third-order valence-electron chi connectivity index (χ3n) is 4.48. The predicted octanol–water partition coefficient (Wildman–Crippen LogP) is 1.99. The summed E-state index contributed by atoms with van der Waals surface area (Å²) in [6.45, 7) is 3.74. The Balaban J connectivity index is 1.61. The van der Waals surface area contributed by atoms with E-state index in [1.165, 1.54) is 7.11 Å². The van der Waals surface area contributed by atoms with E-state index in [9.17, 15) is 9.59 Å². The number of nitrogens with one attached hydrogen (secondary N) is 1. The number of carbonyl (C=O) groups excluding carboxylic acids is 2. The average Bonchev–Trinajstić information content (AvgIpc) is 3.07. The van der Waals surface area contributed by atoms with E-state index < -0.39 is 30.0 Å². The van der Waals surface area contributed by atoms with Crippen molar-refractivity contribution in [1.29, 1.82) is 0 Å². The van der Waals surface area contributed by atoms with Gasteiger partial charge in [-0.1, -0.05) is 30.3 Å². The van der Waals surface area contributed by atoms with Crippen molar-refractivity contribution in [2.45, 2.75) is 50.9 Å². The second kappa shape index (κ2) is 7.01. The maximum Gasteiger partial charge on any atom is 0.407 e. The minimum Gasteiger partial charge on any atom is -0.469 e. The first-order valence-electron chi connectivity index (χ1n) is 8.30. The summed E-state index contributed by atoms with van der Waals surface area (Å²) in [4.78, 5) is 24.1. The number of amides is 1. The first-order chi connectivity index (χ1) is 11.9. The number of esters is 1. The molecule has 1 heterocycles. The average molecular weight is 349 g/mol. The first kappa shape index (κ1) is 17.7. The summed E-state index contributed by atoms with van der Waals surface area (Å²) in [6.07, 6.45) is -1.02. The number of carbonyl (C=O) groups is 2. The van der Waals surface area contributed by atoms with Crippen molar-refractivity contribution in [1.82, 2.24) is 5.32 Å². The molecule has 7 nitrogen and oxygen atoms in total. The number of hydrogen-bond acceptors (Lipinski definition) is 6. The molecule has 2 fully saturated rings. The number of ether oxygens (including phenoxy) is 4. The summed E-state index contributed by atoms with van der Waals surface area (Å²) in [7, 11) is 1.34. The van der Waals surface area contributed by atoms with E-state index >= 15 is 0 Å². The van der Waals surface area contributed by atoms with Crippen LogP contribution in [0.2, 0.25) is 0 Å². The molecule has 7 heteroatoms. The molecular weight excluding hydrogens is 326 g/mol. The van der Waals surface area contributed by atoms with Gasteiger partial charge in [-0.15, -0.1) is 0 Å². The Hall–Kier alpha value is -2.12. The highest BCUT2D eigenvalue weighted by molar-refractivity contribution is 5.74. The van der Waals surface area contributed by atoms with Crippen LogP contribution >= 0.6 is 0 Å². The highest BCUT2D eigenvalue weighted by Gasteiger charge is 2.57. The van der Waals surface area contributed by atoms with Crippen LogP contribution in [0.15, 0.2) is 30.3 Å². The molecule has 4 atom stereocenters. The molecule has 1 amide bonds. The van der Waals surface area contributed by atoms with Crippen LogP contribution in [0.25, 0.3) is 0 Å². The fraction of sp³-hybridized carbons (Fsp3) is 0.556. The Kier molecular flexibility index (Phi) is 4.96. The summed E-state index contributed by atoms with van der Waals surface area (Å²) < 4.78 is 21.8. The van der Waals surface area contributed by atoms with E-state index in [2.05, 4.69) is 5.32 Å². The molecule has 1 aliphatic heterocycles. The number of methoxy groups -OCH3 is 1. The van der Waals surface area contributed by atoms with Crippen molar-refractivity contribution in [2.75, 3.05) is 7.11 Å². The summed E-state index contributed by atoms with van der Waals surface area (Å²) in [5.74, 6) is -1.65. The van der Waals surface area contributed by atoms with Gasteiger partial charge in [0.1, 0.15) is 18.8 Å². The highest BCUT2D eigenvalue weighted by atomic mass is 16.8. The molecule has 3 rings (SSSR count). The fourth-order valence-corrected chi connectivity index (χ4v) is 3.42. The van der Waals surface area contributed by atoms with E-state index in [0.29, 0.717) is 6.42 Å². The van der Waals surface area contributed by atoms with Gasteiger partial charge in [-0.2, -0.15) is 0 Å². The van der Waals surface area contributed by atoms with Gasteiger partial charge in [0.2, 0.25) is 0 Å². The first-order valence-corrected chi connectivity index (χ1v) is 8.30. The Bertz CT molecular complexity index is 632. The lowest BCUT2D eigenvalue weighted by Crippen LogP contribution is -2.43. The summed E-state index contributed by atoms with van der Waals surface area (Å²) in [5.41, 5.74) is 0.899. The maximum atomic E-state index is 12.1. The van der Waals surface area contributed by atoms with Gasteiger partial charge in [-0.3, -0.25) is 4.79 Å². The Labute approximate surface area is 146 Å². The predicted molar refractivity (Wildman–Crippen MR) is 87.5 cm³/mol. The minimum absolute atomic E-state index is 0.177. The number of alkyl carbamates (subject to hydrolysis) is 1. The van der Waals surface area contributed by atoms with Gasteiger partial charge >= 0.3 is 12.1 Å². The van der Waals surface area contributed by atoms with Crippen molar-refractivity contribution < 1.29 is 28.5 Å². The Morgan fingerprint density at radius 2 is 1.88 bits per heavy atom. The van der Waals surface area contributed by atoms with E-state index in [4.69, 9.17) is 18.9 Å². The second-order valence-electron chi connectivity index (χ2n) is 6.74. The maximum absolute atomic E-state index is 12.1. The summed E-state index contributed by atoms with van der Waals surface area (Å²) in [5, 5.41) is 2.79. The van der Waals surface area contributed by atoms with Crippen LogP contribution in [0.4, 0.5) is 4.79 Å². The topological polar surface area (TPSA) is 83.1 Å². The molecule has 1 saturated carbocycles. The zero-order chi connectivity index (χ0) is 18.0. The van der Waals surface area contributed by atoms with Crippen molar-refractivity contribution in [3.05, 3.63) is 35.9 Å². The van der Waals surface area contributed by atoms with Crippen LogP contribution in [0, 0.1) is 5.92 Å². The van der Waals surface area contributed by atoms with Gasteiger partial charge in [0, 0.05) is 0 Å². The van der Waals surface area contributed by atoms with Crippen LogP contribution < -0.4 is 5.32 Å². The zero-order valence-electron chi connectivity index (χ0n) is 14.6. The number of rotatable bonds is 4. The number of hydrogen-bond donors (Lipinski definition) is 1. The van der Waals surface area contributed by atoms with Crippen LogP contribution in [-0.2, 0) is 30.3 Å². The number of fused-ring (bicyclic) bond motifs is 1. The molecule has 1 aromatic rings. The normalized spacial score (nSPS) is 29.7. The van der Waals surface area contributed by atoms with Crippen LogP contribution in [0.1, 0.15) is 25.8 Å². The Morgan fingerprint density at radius 1 is 1.20 bits per heavy atom. The molecule has 136 valence electrons. The Morgan fingerprint density at radius 3 is 2.56 bits per heavy atom. The van der Waals surface area contributed by atoms with Gasteiger partial charge in [0.25, 0.3) is 0 Å². The van der Waals surface area contributed by atoms with Crippen molar-refractivity contribution >= 4 is 12.1 Å². The van der Waals surface area contributed by atoms with Crippen LogP contribution in [0.3, 0.4) is 0 Å². The molecule has 0 spiro atoms. The van der Waals surface area contributed by atoms with Crippen molar-refractivity contribution in [3.8, 4) is 0 Å². The molecule has 1 aromatic carbocycles. The molecule has 1 aliphatic carbocycles. The minimum atomic E-state index is -0.810. The molecular formula is C18H23NO6. The van der Waals surface area contributed by atoms with E-state index in [-0.39, 0.29) is 18.6 Å². The largest absolute Gasteiger partial charge is 0.469 e. The number of benzene rings is 1. The van der Waals surface area contributed by atoms with E-state index in [0.717, 1.165) is 5.56 Å². The van der Waals surface area contributed by atoms with E-state index in [1.54, 1.807) is 13.8 Å². The van der Waals surface area contributed by atoms with Crippen molar-refractivity contribution in [2.24, 2.45) is 5.92 Å². The van der Waals surface area contributed by atoms with Crippen LogP contribution in [-0.4, -0.2) is 43.2 Å². The fourth-order valence-electron chi connectivity index (χ4n) is 3.42. The molecule has 2 aliphatic rings. The molecule has 0 unspecified atom stereocenters. The molecule has 0 bridgehead atoms. The zero-order valence-corrected chi connectivity index (χ0v) is 14.6. The highest BCUT2D eigenvalue weighted by Crippen LogP contribution is 2.42. The monoisotopic (exact) mass is 349 g/mol. The molecule has 1 N–H and O–H groups in total. The molecule has 0 aromatic heterocycles. The lowest BCUT2D eigenvalue weighted by molar-refractivity contribution is -0.168. The summed E-state index contributed by atoms with van der Waals surface area (Å²) in [6, 6.07) is 9.04. The third kappa shape index (κ3) is 3.93. The van der Waals surface area contributed by atoms with Gasteiger partial charge < -0.3 is 24.3 Å². The van der Waals surface area contributed by atoms with Crippen molar-refractivity contribution in [3.63, 3.8) is 0 Å². The lowest BCUT2D eigenvalue weighted by atomic mass is 10.1. The van der Waals surface area contributed by atoms with E-state index in [1.807, 2.05) is 30.3 Å². The van der Waals surface area contributed by atoms with Gasteiger partial charge in [0.05, 0.1) is 19.1 Å². The SMILES string of the molecule is COC(=O)[C@H]1C[C@@H](NC(=O)OCc2ccccc2)[C@@H]2OC(C)(C)O[C@@H]21.